The fraction of sp³-hybridized carbons (Fsp3) is 0.455. The van der Waals surface area contributed by atoms with Gasteiger partial charge < -0.3 is 20.1 Å². The van der Waals surface area contributed by atoms with Crippen molar-refractivity contribution in [2.75, 3.05) is 25.5 Å². The van der Waals surface area contributed by atoms with Crippen LogP contribution in [0.25, 0.3) is 23.2 Å². The summed E-state index contributed by atoms with van der Waals surface area (Å²) in [5.74, 6) is 0.751. The van der Waals surface area contributed by atoms with Gasteiger partial charge in [-0.1, -0.05) is 11.7 Å². The van der Waals surface area contributed by atoms with Gasteiger partial charge in [-0.2, -0.15) is 4.98 Å². The highest BCUT2D eigenvalue weighted by atomic mass is 19.1. The second kappa shape index (κ2) is 8.34. The first-order valence-electron chi connectivity index (χ1n) is 10.9. The van der Waals surface area contributed by atoms with Crippen LogP contribution in [-0.2, 0) is 11.3 Å². The largest absolute Gasteiger partial charge is 0.376 e. The number of fused-ring (bicyclic) bond motifs is 1. The molecule has 0 unspecified atom stereocenters. The average molecular weight is 439 g/mol. The SMILES string of the molecule is C=Cc1c(-c2noc(CNC(=O)C3CC3)n2)nc2c(N[C@@H]3CCN(C)C[C@@H]3F)cccn12. The number of halogens is 1. The Balaban J connectivity index is 1.41. The Labute approximate surface area is 184 Å². The van der Waals surface area contributed by atoms with Crippen molar-refractivity contribution in [3.05, 3.63) is 36.5 Å². The second-order valence-electron chi connectivity index (χ2n) is 8.49. The highest BCUT2D eigenvalue weighted by molar-refractivity contribution is 5.80. The zero-order valence-electron chi connectivity index (χ0n) is 17.9. The van der Waals surface area contributed by atoms with Gasteiger partial charge in [0.2, 0.25) is 17.6 Å². The number of amides is 1. The Bertz CT molecular complexity index is 1150. The van der Waals surface area contributed by atoms with E-state index in [-0.39, 0.29) is 24.4 Å². The predicted octanol–water partition coefficient (Wildman–Crippen LogP) is 2.51. The Morgan fingerprint density at radius 1 is 1.38 bits per heavy atom. The Morgan fingerprint density at radius 3 is 2.97 bits per heavy atom. The number of nitrogens with zero attached hydrogens (tertiary/aromatic N) is 5. The summed E-state index contributed by atoms with van der Waals surface area (Å²) in [5, 5.41) is 10.2. The quantitative estimate of drug-likeness (QED) is 0.583. The summed E-state index contributed by atoms with van der Waals surface area (Å²) in [6.07, 6.45) is 5.16. The summed E-state index contributed by atoms with van der Waals surface area (Å²) in [6, 6.07) is 3.49. The number of carbonyl (C=O) groups excluding carboxylic acids is 1. The smallest absolute Gasteiger partial charge is 0.246 e. The van der Waals surface area contributed by atoms with E-state index in [2.05, 4.69) is 27.4 Å². The van der Waals surface area contributed by atoms with Gasteiger partial charge in [-0.05, 0) is 44.5 Å². The molecule has 2 atom stereocenters. The lowest BCUT2D eigenvalue weighted by molar-refractivity contribution is -0.122. The van der Waals surface area contributed by atoms with Gasteiger partial charge in [0, 0.05) is 25.2 Å². The number of rotatable bonds is 7. The zero-order valence-corrected chi connectivity index (χ0v) is 17.9. The van der Waals surface area contributed by atoms with Crippen LogP contribution in [0.15, 0.2) is 29.4 Å². The van der Waals surface area contributed by atoms with Crippen LogP contribution in [0.4, 0.5) is 10.1 Å². The fourth-order valence-corrected chi connectivity index (χ4v) is 4.05. The molecule has 2 aliphatic rings. The number of anilines is 1. The molecule has 1 aliphatic carbocycles. The van der Waals surface area contributed by atoms with Crippen molar-refractivity contribution < 1.29 is 13.7 Å². The summed E-state index contributed by atoms with van der Waals surface area (Å²) in [6.45, 7) is 5.33. The molecule has 2 N–H and O–H groups in total. The van der Waals surface area contributed by atoms with Crippen molar-refractivity contribution in [2.24, 2.45) is 5.92 Å². The van der Waals surface area contributed by atoms with Crippen molar-refractivity contribution in [3.8, 4) is 11.5 Å². The van der Waals surface area contributed by atoms with Gasteiger partial charge in [0.15, 0.2) is 5.65 Å². The van der Waals surface area contributed by atoms with E-state index in [1.165, 1.54) is 0 Å². The van der Waals surface area contributed by atoms with Crippen LogP contribution >= 0.6 is 0 Å². The van der Waals surface area contributed by atoms with Gasteiger partial charge >= 0.3 is 0 Å². The van der Waals surface area contributed by atoms with E-state index >= 15 is 0 Å². The molecule has 0 bridgehead atoms. The molecule has 0 spiro atoms. The monoisotopic (exact) mass is 439 g/mol. The van der Waals surface area contributed by atoms with Crippen molar-refractivity contribution in [1.82, 2.24) is 29.7 Å². The van der Waals surface area contributed by atoms with Crippen LogP contribution in [-0.4, -0.2) is 62.7 Å². The minimum absolute atomic E-state index is 0.0139. The number of imidazole rings is 1. The number of hydrogen-bond donors (Lipinski definition) is 2. The summed E-state index contributed by atoms with van der Waals surface area (Å²) in [5.41, 5.74) is 2.59. The van der Waals surface area contributed by atoms with Gasteiger partial charge in [-0.3, -0.25) is 9.20 Å². The van der Waals surface area contributed by atoms with Crippen molar-refractivity contribution in [3.63, 3.8) is 0 Å². The molecule has 1 saturated carbocycles. The molecule has 32 heavy (non-hydrogen) atoms. The standard InChI is InChI=1S/C22H26FN7O2/c1-3-17-19(20-26-18(32-28-20)11-24-22(31)13-6-7-13)27-21-16(5-4-9-30(17)21)25-15-8-10-29(2)12-14(15)23/h3-5,9,13-15,25H,1,6-8,10-12H2,2H3,(H,24,31)/t14-,15+/m0/s1. The molecule has 168 valence electrons. The van der Waals surface area contributed by atoms with Crippen LogP contribution in [0.2, 0.25) is 0 Å². The first kappa shape index (κ1) is 20.6. The van der Waals surface area contributed by atoms with Gasteiger partial charge in [-0.25, -0.2) is 9.37 Å². The Morgan fingerprint density at radius 2 is 2.22 bits per heavy atom. The first-order valence-corrected chi connectivity index (χ1v) is 10.9. The molecule has 3 aromatic rings. The maximum atomic E-state index is 14.6. The maximum Gasteiger partial charge on any atom is 0.246 e. The van der Waals surface area contributed by atoms with Crippen molar-refractivity contribution >= 4 is 23.3 Å². The van der Waals surface area contributed by atoms with Gasteiger partial charge in [-0.15, -0.1) is 0 Å². The molecule has 5 rings (SSSR count). The molecular weight excluding hydrogens is 413 g/mol. The lowest BCUT2D eigenvalue weighted by atomic mass is 10.0. The molecule has 9 nitrogen and oxygen atoms in total. The first-order chi connectivity index (χ1) is 15.5. The molecule has 0 radical (unpaired) electrons. The molecule has 4 heterocycles. The Hall–Kier alpha value is -3.27. The van der Waals surface area contributed by atoms with Crippen LogP contribution in [0.3, 0.4) is 0 Å². The number of likely N-dealkylation sites (tertiary alicyclic amines) is 1. The van der Waals surface area contributed by atoms with E-state index in [4.69, 9.17) is 9.51 Å². The van der Waals surface area contributed by atoms with Crippen molar-refractivity contribution in [2.45, 2.75) is 38.0 Å². The van der Waals surface area contributed by atoms with Gasteiger partial charge in [0.1, 0.15) is 11.9 Å². The van der Waals surface area contributed by atoms with Crippen molar-refractivity contribution in [1.29, 1.82) is 0 Å². The van der Waals surface area contributed by atoms with Crippen LogP contribution < -0.4 is 10.6 Å². The molecule has 2 fully saturated rings. The lowest BCUT2D eigenvalue weighted by Crippen LogP contribution is -2.46. The number of nitrogens with one attached hydrogen (secondary N) is 2. The summed E-state index contributed by atoms with van der Waals surface area (Å²) < 4.78 is 21.8. The highest BCUT2D eigenvalue weighted by Crippen LogP contribution is 2.30. The average Bonchev–Trinajstić information content (AvgIpc) is 3.41. The molecule has 1 saturated heterocycles. The minimum atomic E-state index is -0.965. The molecule has 1 aliphatic heterocycles. The maximum absolute atomic E-state index is 14.6. The molecular formula is C22H26FN7O2. The number of pyridine rings is 1. The Kier molecular flexibility index (Phi) is 5.38. The third-order valence-electron chi connectivity index (χ3n) is 6.01. The predicted molar refractivity (Wildman–Crippen MR) is 118 cm³/mol. The molecule has 3 aromatic heterocycles. The number of aromatic nitrogens is 4. The van der Waals surface area contributed by atoms with E-state index < -0.39 is 6.17 Å². The van der Waals surface area contributed by atoms with Crippen LogP contribution in [0.5, 0.6) is 0 Å². The number of carbonyl (C=O) groups is 1. The topological polar surface area (TPSA) is 101 Å². The lowest BCUT2D eigenvalue weighted by Gasteiger charge is -2.33. The number of alkyl halides is 1. The van der Waals surface area contributed by atoms with E-state index in [9.17, 15) is 9.18 Å². The second-order valence-corrected chi connectivity index (χ2v) is 8.49. The highest BCUT2D eigenvalue weighted by Gasteiger charge is 2.30. The number of piperidine rings is 1. The van der Waals surface area contributed by atoms with Gasteiger partial charge in [0.05, 0.1) is 24.0 Å². The molecule has 10 heteroatoms. The van der Waals surface area contributed by atoms with E-state index in [1.54, 1.807) is 6.08 Å². The van der Waals surface area contributed by atoms with E-state index in [1.807, 2.05) is 34.7 Å². The normalized spacial score (nSPS) is 21.6. The summed E-state index contributed by atoms with van der Waals surface area (Å²) >= 11 is 0. The zero-order chi connectivity index (χ0) is 22.2. The molecule has 0 aromatic carbocycles. The van der Waals surface area contributed by atoms with Crippen LogP contribution in [0.1, 0.15) is 30.8 Å². The summed E-state index contributed by atoms with van der Waals surface area (Å²) in [7, 11) is 1.93. The minimum Gasteiger partial charge on any atom is -0.376 e. The van der Waals surface area contributed by atoms with E-state index in [0.29, 0.717) is 41.7 Å². The third-order valence-corrected chi connectivity index (χ3v) is 6.01. The van der Waals surface area contributed by atoms with Crippen LogP contribution in [0, 0.1) is 5.92 Å². The molecule has 1 amide bonds. The number of hydrogen-bond acceptors (Lipinski definition) is 7. The third kappa shape index (κ3) is 3.97. The van der Waals surface area contributed by atoms with E-state index in [0.717, 1.165) is 25.1 Å². The fourth-order valence-electron chi connectivity index (χ4n) is 4.05. The summed E-state index contributed by atoms with van der Waals surface area (Å²) in [4.78, 5) is 23.0. The van der Waals surface area contributed by atoms with Gasteiger partial charge in [0.25, 0.3) is 0 Å².